The predicted molar refractivity (Wildman–Crippen MR) is 294 cm³/mol. The fourth-order valence-corrected chi connectivity index (χ4v) is 9.81. The molecule has 0 aromatic heterocycles. The zero-order chi connectivity index (χ0) is 58.6. The molecule has 0 saturated carbocycles. The summed E-state index contributed by atoms with van der Waals surface area (Å²) in [7, 11) is 6.36. The van der Waals surface area contributed by atoms with E-state index >= 15 is 0 Å². The molecule has 7 N–H and O–H groups in total. The molecule has 0 radical (unpaired) electrons. The molecule has 22 heteroatoms. The van der Waals surface area contributed by atoms with Gasteiger partial charge in [0.1, 0.15) is 24.7 Å². The Kier molecular flexibility index (Phi) is 31.7. The SMILES string of the molecule is CCC(CO)OC(COC(=O)NCCC(=O)N[C@@H](C)C(=O)OCCCNC(=O)[C@H](Cc1ccccc1)NC(=O)[C@H](C)[C@@H](OC)[C@@H]1CCCN1C(=O)CC(C)[C@H]([C@@H](C)CC)N(C)C(=O)[C@@H](NC(=O)[C@@H](NC)C(C)C)C(C)C)OC. The van der Waals surface area contributed by atoms with Crippen LogP contribution in [-0.4, -0.2) is 185 Å². The molecule has 1 heterocycles. The second-order valence-electron chi connectivity index (χ2n) is 21.2. The largest absolute Gasteiger partial charge is 0.464 e. The van der Waals surface area contributed by atoms with Crippen molar-refractivity contribution in [2.75, 3.05) is 67.8 Å². The number of ether oxygens (including phenoxy) is 5. The molecule has 444 valence electrons. The van der Waals surface area contributed by atoms with Crippen molar-refractivity contribution in [1.82, 2.24) is 41.7 Å². The van der Waals surface area contributed by atoms with Gasteiger partial charge in [0.05, 0.1) is 43.4 Å². The van der Waals surface area contributed by atoms with Crippen LogP contribution in [0.3, 0.4) is 0 Å². The van der Waals surface area contributed by atoms with E-state index in [-0.39, 0.29) is 106 Å². The van der Waals surface area contributed by atoms with E-state index in [2.05, 4.69) is 45.7 Å². The summed E-state index contributed by atoms with van der Waals surface area (Å²) in [6.45, 7) is 18.7. The van der Waals surface area contributed by atoms with Crippen molar-refractivity contribution in [1.29, 1.82) is 0 Å². The Morgan fingerprint density at radius 2 is 1.45 bits per heavy atom. The minimum absolute atomic E-state index is 0.0105. The number of alkyl carbamates (subject to hydrolysis) is 1. The molecule has 0 bridgehead atoms. The van der Waals surface area contributed by atoms with Crippen LogP contribution in [0.25, 0.3) is 0 Å². The van der Waals surface area contributed by atoms with Gasteiger partial charge in [-0.05, 0) is 68.9 Å². The van der Waals surface area contributed by atoms with Crippen LogP contribution in [0.5, 0.6) is 0 Å². The van der Waals surface area contributed by atoms with E-state index in [1.165, 1.54) is 21.1 Å². The first-order valence-electron chi connectivity index (χ1n) is 27.8. The summed E-state index contributed by atoms with van der Waals surface area (Å²) in [5.41, 5.74) is 0.808. The number of aliphatic hydroxyl groups is 1. The third-order valence-electron chi connectivity index (χ3n) is 14.5. The first kappa shape index (κ1) is 68.7. The van der Waals surface area contributed by atoms with Crippen molar-refractivity contribution in [2.24, 2.45) is 29.6 Å². The number of likely N-dealkylation sites (tertiary alicyclic amines) is 1. The molecule has 1 fully saturated rings. The number of nitrogens with one attached hydrogen (secondary N) is 6. The molecule has 7 amide bonds. The zero-order valence-electron chi connectivity index (χ0n) is 49.0. The Bertz CT molecular complexity index is 2010. The molecule has 12 atom stereocenters. The van der Waals surface area contributed by atoms with Crippen LogP contribution in [0.2, 0.25) is 0 Å². The molecular formula is C56H96N8O14. The Balaban J connectivity index is 2.03. The second-order valence-corrected chi connectivity index (χ2v) is 21.2. The van der Waals surface area contributed by atoms with E-state index in [1.54, 1.807) is 30.8 Å². The zero-order valence-corrected chi connectivity index (χ0v) is 49.0. The lowest BCUT2D eigenvalue weighted by molar-refractivity contribution is -0.181. The van der Waals surface area contributed by atoms with Gasteiger partial charge >= 0.3 is 12.1 Å². The third kappa shape index (κ3) is 22.4. The maximum Gasteiger partial charge on any atom is 0.407 e. The third-order valence-corrected chi connectivity index (χ3v) is 14.5. The molecule has 3 unspecified atom stereocenters. The van der Waals surface area contributed by atoms with Crippen LogP contribution >= 0.6 is 0 Å². The summed E-state index contributed by atoms with van der Waals surface area (Å²) in [4.78, 5) is 111. The normalized spacial score (nSPS) is 17.7. The van der Waals surface area contributed by atoms with Gasteiger partial charge in [0.2, 0.25) is 35.4 Å². The Labute approximate surface area is 463 Å². The number of hydrogen-bond acceptors (Lipinski definition) is 15. The van der Waals surface area contributed by atoms with E-state index in [9.17, 15) is 43.5 Å². The average molecular weight is 1110 g/mol. The summed E-state index contributed by atoms with van der Waals surface area (Å²) in [5.74, 6) is -3.87. The molecule has 22 nitrogen and oxygen atoms in total. The number of esters is 1. The van der Waals surface area contributed by atoms with E-state index in [0.717, 1.165) is 12.0 Å². The lowest BCUT2D eigenvalue weighted by atomic mass is 9.84. The molecule has 78 heavy (non-hydrogen) atoms. The van der Waals surface area contributed by atoms with E-state index in [0.29, 0.717) is 25.8 Å². The predicted octanol–water partition coefficient (Wildman–Crippen LogP) is 3.07. The Morgan fingerprint density at radius 3 is 2.03 bits per heavy atom. The standard InChI is InChI=1S/C56H96N8O14/c1-15-36(7)49(63(12)54(71)48(35(5)6)62-53(70)47(57-11)34(3)4)37(8)30-45(67)64-28-20-24-43(64)50(75-14)38(9)51(68)61-42(31-40-22-18-17-19-23-40)52(69)58-26-21-29-76-55(72)39(10)60-44(66)25-27-59-56(73)77-33-46(74-13)78-41(16-2)32-65/h17-19,22-23,34-39,41-43,46-50,57,65H,15-16,20-21,24-33H2,1-14H3,(H,58,69)(H,59,73)(H,60,66)(H,61,68)(H,62,70)/t36-,37?,38+,39-,41?,42-,43-,46?,47-,48-,49-,50+/m0/s1. The highest BCUT2D eigenvalue weighted by atomic mass is 16.7. The summed E-state index contributed by atoms with van der Waals surface area (Å²) in [6, 6.07) is 5.26. The number of hydrogen-bond donors (Lipinski definition) is 7. The van der Waals surface area contributed by atoms with Crippen LogP contribution in [0.15, 0.2) is 30.3 Å². The number of amides is 7. The van der Waals surface area contributed by atoms with Crippen molar-refractivity contribution < 1.29 is 67.1 Å². The molecule has 1 aromatic rings. The van der Waals surface area contributed by atoms with Gasteiger partial charge in [0, 0.05) is 66.2 Å². The maximum absolute atomic E-state index is 14.4. The van der Waals surface area contributed by atoms with Crippen molar-refractivity contribution in [3.05, 3.63) is 35.9 Å². The lowest BCUT2D eigenvalue weighted by Gasteiger charge is -2.40. The first-order chi connectivity index (χ1) is 37.0. The smallest absolute Gasteiger partial charge is 0.407 e. The van der Waals surface area contributed by atoms with Gasteiger partial charge in [-0.25, -0.2) is 9.59 Å². The molecular weight excluding hydrogens is 1010 g/mol. The summed E-state index contributed by atoms with van der Waals surface area (Å²) in [5, 5.41) is 26.1. The van der Waals surface area contributed by atoms with E-state index in [1.807, 2.05) is 71.9 Å². The number of benzene rings is 1. The average Bonchev–Trinajstić information content (AvgIpc) is 3.90. The summed E-state index contributed by atoms with van der Waals surface area (Å²) < 4.78 is 27.0. The number of nitrogens with zero attached hydrogens (tertiary/aromatic N) is 2. The first-order valence-corrected chi connectivity index (χ1v) is 27.8. The quantitative estimate of drug-likeness (QED) is 0.0289. The van der Waals surface area contributed by atoms with Crippen LogP contribution in [-0.2, 0) is 63.7 Å². The molecule has 1 saturated heterocycles. The lowest BCUT2D eigenvalue weighted by Crippen LogP contribution is -2.58. The minimum atomic E-state index is -1.00. The van der Waals surface area contributed by atoms with Crippen LogP contribution in [0, 0.1) is 29.6 Å². The number of rotatable bonds is 36. The molecule has 1 aromatic carbocycles. The van der Waals surface area contributed by atoms with Crippen LogP contribution < -0.4 is 31.9 Å². The van der Waals surface area contributed by atoms with Crippen molar-refractivity contribution in [3.63, 3.8) is 0 Å². The number of carbonyl (C=O) groups excluding carboxylic acids is 8. The molecule has 1 aliphatic heterocycles. The van der Waals surface area contributed by atoms with Gasteiger partial charge in [-0.1, -0.05) is 99.1 Å². The molecule has 0 aliphatic carbocycles. The minimum Gasteiger partial charge on any atom is -0.464 e. The topological polar surface area (TPSA) is 282 Å². The van der Waals surface area contributed by atoms with Gasteiger partial charge in [-0.3, -0.25) is 28.8 Å². The summed E-state index contributed by atoms with van der Waals surface area (Å²) >= 11 is 0. The number of likely N-dealkylation sites (N-methyl/N-ethyl adjacent to an activating group) is 2. The molecule has 1 aliphatic rings. The monoisotopic (exact) mass is 1100 g/mol. The van der Waals surface area contributed by atoms with Gasteiger partial charge < -0.3 is 70.5 Å². The highest BCUT2D eigenvalue weighted by Gasteiger charge is 2.42. The van der Waals surface area contributed by atoms with Crippen LogP contribution in [0.1, 0.15) is 120 Å². The van der Waals surface area contributed by atoms with E-state index < -0.39 is 84.4 Å². The van der Waals surface area contributed by atoms with Crippen LogP contribution in [0.4, 0.5) is 4.79 Å². The van der Waals surface area contributed by atoms with Gasteiger partial charge in [0.15, 0.2) is 6.29 Å². The second kappa shape index (κ2) is 36.0. The number of aliphatic hydroxyl groups excluding tert-OH is 1. The van der Waals surface area contributed by atoms with Crippen molar-refractivity contribution in [3.8, 4) is 0 Å². The maximum atomic E-state index is 14.4. The van der Waals surface area contributed by atoms with E-state index in [4.69, 9.17) is 23.7 Å². The number of carbonyl (C=O) groups is 8. The fourth-order valence-electron chi connectivity index (χ4n) is 9.81. The van der Waals surface area contributed by atoms with Crippen molar-refractivity contribution in [2.45, 2.75) is 175 Å². The van der Waals surface area contributed by atoms with Crippen molar-refractivity contribution >= 4 is 47.5 Å². The van der Waals surface area contributed by atoms with Gasteiger partial charge in [0.25, 0.3) is 0 Å². The van der Waals surface area contributed by atoms with Gasteiger partial charge in [-0.2, -0.15) is 0 Å². The Hall–Kier alpha value is -5.42. The molecule has 2 rings (SSSR count). The highest BCUT2D eigenvalue weighted by Crippen LogP contribution is 2.31. The highest BCUT2D eigenvalue weighted by molar-refractivity contribution is 5.91. The van der Waals surface area contributed by atoms with Gasteiger partial charge in [-0.15, -0.1) is 0 Å². The fraction of sp³-hybridized carbons (Fsp3) is 0.750. The number of methoxy groups -OCH3 is 2. The Morgan fingerprint density at radius 1 is 0.782 bits per heavy atom. The molecule has 0 spiro atoms. The summed E-state index contributed by atoms with van der Waals surface area (Å²) in [6.07, 6.45) is 0.106.